The van der Waals surface area contributed by atoms with Crippen LogP contribution in [0.3, 0.4) is 0 Å². The van der Waals surface area contributed by atoms with Gasteiger partial charge < -0.3 is 63.8 Å². The number of benzene rings is 2. The average Bonchev–Trinajstić information content (AvgIpc) is 2.97. The van der Waals surface area contributed by atoms with Crippen molar-refractivity contribution < 1.29 is 68.6 Å². The van der Waals surface area contributed by atoms with Crippen LogP contribution in [0.5, 0.6) is 17.2 Å². The van der Waals surface area contributed by atoms with Gasteiger partial charge in [0.2, 0.25) is 6.29 Å². The Labute approximate surface area is 249 Å². The van der Waals surface area contributed by atoms with E-state index in [0.717, 1.165) is 19.1 Å². The zero-order chi connectivity index (χ0) is 31.9. The molecule has 44 heavy (non-hydrogen) atoms. The summed E-state index contributed by atoms with van der Waals surface area (Å²) in [6, 6.07) is 9.25. The van der Waals surface area contributed by atoms with E-state index in [-0.39, 0.29) is 34.0 Å². The van der Waals surface area contributed by atoms with Gasteiger partial charge in [0.1, 0.15) is 77.2 Å². The van der Waals surface area contributed by atoms with Gasteiger partial charge in [0.05, 0.1) is 6.10 Å². The Bertz CT molecular complexity index is 1540. The van der Waals surface area contributed by atoms with Gasteiger partial charge in [-0.15, -0.1) is 0 Å². The molecule has 0 radical (unpaired) electrons. The molecule has 2 aromatic carbocycles. The highest BCUT2D eigenvalue weighted by atomic mass is 16.8. The number of aliphatic hydroxyl groups excluding tert-OH is 5. The number of phenolic OH excluding ortho intramolecular Hbond substituents is 2. The number of carbonyl (C=O) groups excluding carboxylic acids is 1. The summed E-state index contributed by atoms with van der Waals surface area (Å²) < 4.78 is 33.7. The molecule has 0 bridgehead atoms. The third-order valence-electron chi connectivity index (χ3n) is 7.37. The Hall–Kier alpha value is -3.80. The number of hydrogen-bond acceptors (Lipinski definition) is 15. The molecule has 0 saturated carbocycles. The minimum absolute atomic E-state index is 0.0000698. The second-order valence-electron chi connectivity index (χ2n) is 10.6. The van der Waals surface area contributed by atoms with E-state index in [2.05, 4.69) is 0 Å². The van der Waals surface area contributed by atoms with Crippen molar-refractivity contribution in [3.63, 3.8) is 0 Å². The molecule has 2 aliphatic heterocycles. The summed E-state index contributed by atoms with van der Waals surface area (Å²) in [6.07, 6.45) is -15.9. The Morgan fingerprint density at radius 2 is 1.55 bits per heavy atom. The highest BCUT2D eigenvalue weighted by Crippen LogP contribution is 2.36. The van der Waals surface area contributed by atoms with E-state index in [9.17, 15) is 45.3 Å². The minimum Gasteiger partial charge on any atom is -0.508 e. The van der Waals surface area contributed by atoms with E-state index in [4.69, 9.17) is 28.1 Å². The molecule has 15 nitrogen and oxygen atoms in total. The monoisotopic (exact) mass is 620 g/mol. The molecule has 7 N–H and O–H groups in total. The van der Waals surface area contributed by atoms with Crippen LogP contribution in [0.25, 0.3) is 22.3 Å². The first-order valence-electron chi connectivity index (χ1n) is 13.6. The molecule has 0 aliphatic carbocycles. The second kappa shape index (κ2) is 12.7. The highest BCUT2D eigenvalue weighted by Gasteiger charge is 2.51. The Morgan fingerprint density at radius 1 is 0.841 bits per heavy atom. The molecular weight excluding hydrogens is 588 g/mol. The minimum atomic E-state index is -1.83. The fourth-order valence-electron chi connectivity index (χ4n) is 4.99. The van der Waals surface area contributed by atoms with E-state index < -0.39 is 79.4 Å². The predicted octanol–water partition coefficient (Wildman–Crippen LogP) is -0.528. The number of esters is 1. The van der Waals surface area contributed by atoms with Crippen LogP contribution in [-0.4, -0.2) is 110 Å². The summed E-state index contributed by atoms with van der Waals surface area (Å²) in [5.41, 5.74) is -0.251. The van der Waals surface area contributed by atoms with E-state index >= 15 is 0 Å². The third kappa shape index (κ3) is 6.36. The Balaban J connectivity index is 1.51. The number of hydrogen-bond donors (Lipinski definition) is 7. The van der Waals surface area contributed by atoms with Crippen LogP contribution in [0, 0.1) is 0 Å². The van der Waals surface area contributed by atoms with Crippen LogP contribution in [0.15, 0.2) is 51.7 Å². The molecular formula is C29H32O15. The van der Waals surface area contributed by atoms with Crippen LogP contribution in [0.2, 0.25) is 0 Å². The number of aliphatic hydroxyl groups is 5. The summed E-state index contributed by atoms with van der Waals surface area (Å²) in [7, 11) is 0. The second-order valence-corrected chi connectivity index (χ2v) is 10.6. The summed E-state index contributed by atoms with van der Waals surface area (Å²) in [6.45, 7) is 2.02. The number of aromatic hydroxyl groups is 2. The molecule has 5 rings (SSSR count). The van der Waals surface area contributed by atoms with Crippen molar-refractivity contribution in [1.29, 1.82) is 0 Å². The van der Waals surface area contributed by atoms with Crippen molar-refractivity contribution in [3.8, 4) is 28.6 Å². The molecule has 0 spiro atoms. The van der Waals surface area contributed by atoms with Gasteiger partial charge in [-0.25, -0.2) is 0 Å². The van der Waals surface area contributed by atoms with Crippen LogP contribution in [-0.2, 0) is 23.7 Å². The third-order valence-corrected chi connectivity index (χ3v) is 7.37. The molecule has 10 atom stereocenters. The number of ether oxygens (including phenoxy) is 5. The lowest BCUT2D eigenvalue weighted by Gasteiger charge is -2.45. The topological polar surface area (TPSA) is 235 Å². The summed E-state index contributed by atoms with van der Waals surface area (Å²) in [5.74, 6) is -1.26. The van der Waals surface area contributed by atoms with Crippen molar-refractivity contribution in [2.45, 2.75) is 75.3 Å². The van der Waals surface area contributed by atoms with Crippen molar-refractivity contribution in [2.24, 2.45) is 0 Å². The van der Waals surface area contributed by atoms with Crippen molar-refractivity contribution >= 4 is 16.9 Å². The lowest BCUT2D eigenvalue weighted by Crippen LogP contribution is -2.64. The van der Waals surface area contributed by atoms with Gasteiger partial charge in [0, 0.05) is 30.7 Å². The smallest absolute Gasteiger partial charge is 0.302 e. The average molecular weight is 621 g/mol. The maximum atomic E-state index is 13.3. The molecule has 0 unspecified atom stereocenters. The molecule has 1 aromatic heterocycles. The molecule has 3 heterocycles. The first-order valence-corrected chi connectivity index (χ1v) is 13.6. The number of fused-ring (bicyclic) bond motifs is 1. The Morgan fingerprint density at radius 3 is 2.23 bits per heavy atom. The lowest BCUT2D eigenvalue weighted by atomic mass is 9.97. The van der Waals surface area contributed by atoms with Gasteiger partial charge >= 0.3 is 5.97 Å². The predicted molar refractivity (Wildman–Crippen MR) is 146 cm³/mol. The molecule has 2 saturated heterocycles. The SMILES string of the molecule is CC(=O)OC[C@H]1O[C@@H](Oc2cc(O)cc3oc(-c4ccc(O)cc4)cc(=O)c23)[C@H](O[C@@H]2O[C@@H](C)[C@H](O)[C@@H](O)[C@H]2O)[C@@H](O)[C@@H]1O. The standard InChI is InChI=1S/C29H32O15/c1-11-22(34)24(36)26(38)28(40-11)44-27-25(37)23(35)20(10-39-12(2)30)43-29(27)42-19-8-15(32)7-18-21(19)16(33)9-17(41-18)13-3-5-14(31)6-4-13/h3-9,11,20,22-29,31-32,34-38H,10H2,1-2H3/t11-,20+,22-,23+,24+,25-,26+,27+,28-,29+/m0/s1. The van der Waals surface area contributed by atoms with Crippen LogP contribution >= 0.6 is 0 Å². The lowest BCUT2D eigenvalue weighted by molar-refractivity contribution is -0.354. The van der Waals surface area contributed by atoms with E-state index in [1.807, 2.05) is 0 Å². The maximum Gasteiger partial charge on any atom is 0.302 e. The summed E-state index contributed by atoms with van der Waals surface area (Å²) in [5, 5.41) is 72.5. The van der Waals surface area contributed by atoms with E-state index in [1.165, 1.54) is 37.3 Å². The van der Waals surface area contributed by atoms with Crippen molar-refractivity contribution in [2.75, 3.05) is 6.61 Å². The number of rotatable bonds is 7. The highest BCUT2D eigenvalue weighted by molar-refractivity contribution is 5.86. The largest absolute Gasteiger partial charge is 0.508 e. The molecule has 0 amide bonds. The number of carbonyl (C=O) groups is 1. The normalized spacial score (nSPS) is 32.3. The fraction of sp³-hybridized carbons (Fsp3) is 0.448. The molecule has 238 valence electrons. The zero-order valence-electron chi connectivity index (χ0n) is 23.4. The van der Waals surface area contributed by atoms with Crippen molar-refractivity contribution in [3.05, 3.63) is 52.7 Å². The van der Waals surface area contributed by atoms with Crippen molar-refractivity contribution in [1.82, 2.24) is 0 Å². The first kappa shape index (κ1) is 31.6. The summed E-state index contributed by atoms with van der Waals surface area (Å²) in [4.78, 5) is 24.7. The quantitative estimate of drug-likeness (QED) is 0.165. The van der Waals surface area contributed by atoms with E-state index in [0.29, 0.717) is 5.56 Å². The van der Waals surface area contributed by atoms with Gasteiger partial charge in [0.15, 0.2) is 17.8 Å². The van der Waals surface area contributed by atoms with Gasteiger partial charge in [-0.2, -0.15) is 0 Å². The van der Waals surface area contributed by atoms with Crippen LogP contribution in [0.1, 0.15) is 13.8 Å². The molecule has 2 fully saturated rings. The van der Waals surface area contributed by atoms with Gasteiger partial charge in [-0.1, -0.05) is 0 Å². The van der Waals surface area contributed by atoms with Gasteiger partial charge in [-0.3, -0.25) is 9.59 Å². The van der Waals surface area contributed by atoms with Gasteiger partial charge in [-0.05, 0) is 31.2 Å². The Kier molecular flexibility index (Phi) is 9.10. The fourth-order valence-corrected chi connectivity index (χ4v) is 4.99. The van der Waals surface area contributed by atoms with Crippen LogP contribution in [0.4, 0.5) is 0 Å². The molecule has 15 heteroatoms. The van der Waals surface area contributed by atoms with Crippen LogP contribution < -0.4 is 10.2 Å². The number of phenols is 2. The zero-order valence-corrected chi connectivity index (χ0v) is 23.4. The maximum absolute atomic E-state index is 13.3. The first-order chi connectivity index (χ1) is 20.8. The molecule has 3 aromatic rings. The molecule has 2 aliphatic rings. The van der Waals surface area contributed by atoms with Gasteiger partial charge in [0.25, 0.3) is 0 Å². The summed E-state index contributed by atoms with van der Waals surface area (Å²) >= 11 is 0. The van der Waals surface area contributed by atoms with E-state index in [1.54, 1.807) is 0 Å².